The summed E-state index contributed by atoms with van der Waals surface area (Å²) in [5.74, 6) is 0.172. The van der Waals surface area contributed by atoms with E-state index >= 15 is 0 Å². The Hall–Kier alpha value is -2.70. The molecule has 0 bridgehead atoms. The molecular formula is C24H30Cl2N4O2. The lowest BCUT2D eigenvalue weighted by molar-refractivity contribution is -0.121. The van der Waals surface area contributed by atoms with Crippen LogP contribution in [0.15, 0.2) is 60.3 Å². The molecule has 0 aromatic heterocycles. The van der Waals surface area contributed by atoms with Crippen molar-refractivity contribution in [2.24, 2.45) is 17.6 Å². The van der Waals surface area contributed by atoms with Crippen molar-refractivity contribution in [2.75, 3.05) is 25.0 Å². The number of nitrogens with one attached hydrogen (secondary N) is 2. The fourth-order valence-corrected chi connectivity index (χ4v) is 4.13. The smallest absolute Gasteiger partial charge is 0.253 e. The van der Waals surface area contributed by atoms with Crippen molar-refractivity contribution in [1.82, 2.24) is 10.2 Å². The van der Waals surface area contributed by atoms with Crippen LogP contribution in [0.25, 0.3) is 5.70 Å². The van der Waals surface area contributed by atoms with Crippen molar-refractivity contribution in [1.29, 1.82) is 0 Å². The molecule has 1 aliphatic rings. The Morgan fingerprint density at radius 2 is 1.91 bits per heavy atom. The van der Waals surface area contributed by atoms with E-state index in [1.807, 2.05) is 0 Å². The molecule has 0 unspecified atom stereocenters. The zero-order valence-corrected chi connectivity index (χ0v) is 20.0. The Morgan fingerprint density at radius 3 is 2.50 bits per heavy atom. The number of nitrogens with zero attached hydrogens (tertiary/aromatic N) is 1. The van der Waals surface area contributed by atoms with E-state index in [1.54, 1.807) is 18.2 Å². The van der Waals surface area contributed by atoms with Gasteiger partial charge in [0.2, 0.25) is 5.91 Å². The highest BCUT2D eigenvalue weighted by Crippen LogP contribution is 2.32. The van der Waals surface area contributed by atoms with Crippen LogP contribution in [0, 0.1) is 11.8 Å². The SMILES string of the molecule is C=C(Cl)/C(=C\C=C/N)C(=O)NCC(=O)Nc1ccc(Cl)cc1C(=C)N1C[C@H](C)C[C@H](C)C1. The monoisotopic (exact) mass is 476 g/mol. The topological polar surface area (TPSA) is 87.5 Å². The van der Waals surface area contributed by atoms with Gasteiger partial charge in [0.25, 0.3) is 5.91 Å². The molecule has 1 aromatic carbocycles. The number of hydrogen-bond acceptors (Lipinski definition) is 4. The molecule has 0 saturated carbocycles. The first-order valence-electron chi connectivity index (χ1n) is 10.4. The molecule has 4 N–H and O–H groups in total. The van der Waals surface area contributed by atoms with E-state index in [-0.39, 0.29) is 17.2 Å². The van der Waals surface area contributed by atoms with Crippen LogP contribution in [0.3, 0.4) is 0 Å². The Balaban J connectivity index is 2.11. The normalized spacial score (nSPS) is 19.0. The maximum atomic E-state index is 12.6. The highest BCUT2D eigenvalue weighted by atomic mass is 35.5. The van der Waals surface area contributed by atoms with Gasteiger partial charge >= 0.3 is 0 Å². The van der Waals surface area contributed by atoms with Gasteiger partial charge in [0.1, 0.15) is 0 Å². The third kappa shape index (κ3) is 7.18. The minimum Gasteiger partial charge on any atom is -0.405 e. The zero-order valence-electron chi connectivity index (χ0n) is 18.5. The Kier molecular flexibility index (Phi) is 9.42. The van der Waals surface area contributed by atoms with Crippen LogP contribution in [-0.4, -0.2) is 36.3 Å². The lowest BCUT2D eigenvalue weighted by Gasteiger charge is -2.38. The fourth-order valence-electron chi connectivity index (χ4n) is 3.81. The van der Waals surface area contributed by atoms with Gasteiger partial charge in [0.05, 0.1) is 17.8 Å². The molecule has 1 heterocycles. The van der Waals surface area contributed by atoms with Gasteiger partial charge in [-0.3, -0.25) is 9.59 Å². The fraction of sp³-hybridized carbons (Fsp3) is 0.333. The minimum absolute atomic E-state index is 0.0438. The number of anilines is 1. The molecule has 2 atom stereocenters. The number of likely N-dealkylation sites (tertiary alicyclic amines) is 1. The summed E-state index contributed by atoms with van der Waals surface area (Å²) in [6, 6.07) is 5.22. The van der Waals surface area contributed by atoms with Crippen LogP contribution < -0.4 is 16.4 Å². The van der Waals surface area contributed by atoms with Crippen LogP contribution in [0.5, 0.6) is 0 Å². The van der Waals surface area contributed by atoms with E-state index in [4.69, 9.17) is 28.9 Å². The molecule has 2 amide bonds. The number of allylic oxidation sites excluding steroid dienone is 2. The molecule has 1 aliphatic heterocycles. The second-order valence-corrected chi connectivity index (χ2v) is 8.98. The van der Waals surface area contributed by atoms with Crippen molar-refractivity contribution >= 4 is 46.4 Å². The quantitative estimate of drug-likeness (QED) is 0.380. The maximum absolute atomic E-state index is 12.6. The van der Waals surface area contributed by atoms with Crippen molar-refractivity contribution in [2.45, 2.75) is 20.3 Å². The van der Waals surface area contributed by atoms with Gasteiger partial charge in [-0.25, -0.2) is 0 Å². The maximum Gasteiger partial charge on any atom is 0.253 e. The van der Waals surface area contributed by atoms with Gasteiger partial charge in [-0.15, -0.1) is 0 Å². The highest BCUT2D eigenvalue weighted by Gasteiger charge is 2.24. The lowest BCUT2D eigenvalue weighted by atomic mass is 9.91. The third-order valence-corrected chi connectivity index (χ3v) is 5.58. The number of halogens is 2. The second-order valence-electron chi connectivity index (χ2n) is 8.09. The van der Waals surface area contributed by atoms with Crippen molar-refractivity contribution in [3.8, 4) is 0 Å². The van der Waals surface area contributed by atoms with Gasteiger partial charge in [-0.2, -0.15) is 0 Å². The summed E-state index contributed by atoms with van der Waals surface area (Å²) in [6.07, 6.45) is 5.31. The number of rotatable bonds is 8. The highest BCUT2D eigenvalue weighted by molar-refractivity contribution is 6.35. The molecule has 32 heavy (non-hydrogen) atoms. The predicted molar refractivity (Wildman–Crippen MR) is 133 cm³/mol. The molecule has 1 saturated heterocycles. The predicted octanol–water partition coefficient (Wildman–Crippen LogP) is 4.49. The average Bonchev–Trinajstić information content (AvgIpc) is 2.72. The average molecular weight is 477 g/mol. The summed E-state index contributed by atoms with van der Waals surface area (Å²) >= 11 is 12.1. The standard InChI is InChI=1S/C24H30Cl2N4O2/c1-15-10-16(2)14-30(13-15)18(4)21-11-19(26)7-8-22(21)29-23(31)12-28-24(32)20(17(3)25)6-5-9-27/h5-9,11,15-16H,3-4,10,12-14,27H2,1-2H3,(H,28,32)(H,29,31)/b9-5-,20-6+/t15-,16+. The van der Waals surface area contributed by atoms with Crippen LogP contribution in [0.2, 0.25) is 5.02 Å². The van der Waals surface area contributed by atoms with E-state index in [0.717, 1.165) is 24.4 Å². The van der Waals surface area contributed by atoms with Gasteiger partial charge in [-0.05, 0) is 54.8 Å². The summed E-state index contributed by atoms with van der Waals surface area (Å²) in [6.45, 7) is 13.8. The molecular weight excluding hydrogens is 447 g/mol. The minimum atomic E-state index is -0.532. The van der Waals surface area contributed by atoms with E-state index in [2.05, 4.69) is 42.5 Å². The van der Waals surface area contributed by atoms with E-state index < -0.39 is 11.8 Å². The molecule has 6 nitrogen and oxygen atoms in total. The Labute approximate surface area is 199 Å². The number of benzene rings is 1. The molecule has 1 aromatic rings. The van der Waals surface area contributed by atoms with Crippen LogP contribution in [0.4, 0.5) is 5.69 Å². The lowest BCUT2D eigenvalue weighted by Crippen LogP contribution is -2.37. The van der Waals surface area contributed by atoms with Crippen molar-refractivity contribution < 1.29 is 9.59 Å². The number of hydrogen-bond donors (Lipinski definition) is 3. The molecule has 0 radical (unpaired) electrons. The number of amides is 2. The van der Waals surface area contributed by atoms with E-state index in [1.165, 1.54) is 24.8 Å². The first-order valence-corrected chi connectivity index (χ1v) is 11.1. The summed E-state index contributed by atoms with van der Waals surface area (Å²) in [5, 5.41) is 5.96. The number of piperidine rings is 1. The Bertz CT molecular complexity index is 945. The second kappa shape index (κ2) is 11.8. The summed E-state index contributed by atoms with van der Waals surface area (Å²) in [5.41, 5.74) is 7.55. The molecule has 1 fully saturated rings. The van der Waals surface area contributed by atoms with Gasteiger partial charge < -0.3 is 21.3 Å². The van der Waals surface area contributed by atoms with Gasteiger partial charge in [0, 0.05) is 34.4 Å². The van der Waals surface area contributed by atoms with Crippen molar-refractivity contribution in [3.63, 3.8) is 0 Å². The molecule has 0 spiro atoms. The largest absolute Gasteiger partial charge is 0.405 e. The zero-order chi connectivity index (χ0) is 23.8. The van der Waals surface area contributed by atoms with Crippen LogP contribution in [0.1, 0.15) is 25.8 Å². The summed E-state index contributed by atoms with van der Waals surface area (Å²) < 4.78 is 0. The van der Waals surface area contributed by atoms with Crippen LogP contribution in [-0.2, 0) is 9.59 Å². The summed E-state index contributed by atoms with van der Waals surface area (Å²) in [4.78, 5) is 27.1. The number of carbonyl (C=O) groups is 2. The first kappa shape index (κ1) is 25.6. The van der Waals surface area contributed by atoms with E-state index in [9.17, 15) is 9.59 Å². The summed E-state index contributed by atoms with van der Waals surface area (Å²) in [7, 11) is 0. The molecule has 2 rings (SSSR count). The number of nitrogens with two attached hydrogens (primary N) is 1. The van der Waals surface area contributed by atoms with E-state index in [0.29, 0.717) is 22.5 Å². The third-order valence-electron chi connectivity index (χ3n) is 5.14. The molecule has 172 valence electrons. The number of carbonyl (C=O) groups excluding carboxylic acids is 2. The molecule has 8 heteroatoms. The van der Waals surface area contributed by atoms with Gasteiger partial charge in [-0.1, -0.05) is 50.2 Å². The van der Waals surface area contributed by atoms with Crippen LogP contribution >= 0.6 is 23.2 Å². The first-order chi connectivity index (χ1) is 15.1. The molecule has 0 aliphatic carbocycles. The van der Waals surface area contributed by atoms with Gasteiger partial charge in [0.15, 0.2) is 0 Å². The Morgan fingerprint density at radius 1 is 1.25 bits per heavy atom. The van der Waals surface area contributed by atoms with Crippen molar-refractivity contribution in [3.05, 3.63) is 70.9 Å².